The summed E-state index contributed by atoms with van der Waals surface area (Å²) in [7, 11) is 0. The smallest absolute Gasteiger partial charge is 0.326 e. The first-order valence-corrected chi connectivity index (χ1v) is 11.4. The zero-order chi connectivity index (χ0) is 25.7. The van der Waals surface area contributed by atoms with Crippen molar-refractivity contribution in [3.63, 3.8) is 0 Å². The molecule has 186 valence electrons. The summed E-state index contributed by atoms with van der Waals surface area (Å²) in [6.07, 6.45) is -0.0486. The molecule has 0 saturated heterocycles. The third-order valence-corrected chi connectivity index (χ3v) is 5.92. The lowest BCUT2D eigenvalue weighted by Crippen LogP contribution is -2.55. The van der Waals surface area contributed by atoms with Crippen LogP contribution in [-0.2, 0) is 20.8 Å². The van der Waals surface area contributed by atoms with Crippen molar-refractivity contribution in [3.8, 4) is 5.75 Å². The van der Waals surface area contributed by atoms with Crippen molar-refractivity contribution in [2.24, 2.45) is 11.7 Å². The van der Waals surface area contributed by atoms with Gasteiger partial charge in [0.05, 0.1) is 17.6 Å². The summed E-state index contributed by atoms with van der Waals surface area (Å²) in [5.41, 5.74) is 7.20. The Bertz CT molecular complexity index is 1100. The number of nitro benzene ring substituents is 1. The molecule has 3 N–H and O–H groups in total. The van der Waals surface area contributed by atoms with Crippen molar-refractivity contribution in [1.82, 2.24) is 4.90 Å². The number of imide groups is 1. The van der Waals surface area contributed by atoms with Crippen molar-refractivity contribution in [2.45, 2.75) is 51.1 Å². The highest BCUT2D eigenvalue weighted by molar-refractivity contribution is 6.01. The maximum Gasteiger partial charge on any atom is 0.326 e. The largest absolute Gasteiger partial charge is 0.486 e. The van der Waals surface area contributed by atoms with Gasteiger partial charge >= 0.3 is 11.7 Å². The molecule has 3 atom stereocenters. The van der Waals surface area contributed by atoms with Crippen LogP contribution in [0.2, 0.25) is 0 Å². The molecule has 1 heterocycles. The van der Waals surface area contributed by atoms with E-state index >= 15 is 0 Å². The van der Waals surface area contributed by atoms with Gasteiger partial charge in [0.2, 0.25) is 17.6 Å². The van der Waals surface area contributed by atoms with E-state index < -0.39 is 40.7 Å². The number of nitrogens with zero attached hydrogens (tertiary/aromatic N) is 2. The molecule has 1 aliphatic rings. The van der Waals surface area contributed by atoms with Crippen LogP contribution in [0.25, 0.3) is 0 Å². The monoisotopic (exact) mass is 483 g/mol. The van der Waals surface area contributed by atoms with Gasteiger partial charge in [-0.2, -0.15) is 0 Å². The molecule has 0 aromatic heterocycles. The molecule has 0 aliphatic carbocycles. The molecule has 10 nitrogen and oxygen atoms in total. The molecule has 0 saturated carbocycles. The van der Waals surface area contributed by atoms with Crippen molar-refractivity contribution in [2.75, 3.05) is 6.61 Å². The Morgan fingerprint density at radius 2 is 1.86 bits per heavy atom. The van der Waals surface area contributed by atoms with Gasteiger partial charge in [0.15, 0.2) is 0 Å². The van der Waals surface area contributed by atoms with Crippen molar-refractivity contribution < 1.29 is 29.2 Å². The molecule has 0 spiro atoms. The van der Waals surface area contributed by atoms with E-state index in [-0.39, 0.29) is 43.2 Å². The number of carbonyl (C=O) groups is 3. The first-order valence-electron chi connectivity index (χ1n) is 11.4. The second-order valence-corrected chi connectivity index (χ2v) is 9.05. The van der Waals surface area contributed by atoms with Crippen LogP contribution in [0, 0.1) is 16.0 Å². The van der Waals surface area contributed by atoms with Crippen LogP contribution in [-0.4, -0.2) is 51.4 Å². The average Bonchev–Trinajstić information content (AvgIpc) is 3.21. The van der Waals surface area contributed by atoms with E-state index in [9.17, 15) is 29.6 Å². The minimum atomic E-state index is -1.39. The number of carbonyl (C=O) groups excluding carboxylic acids is 2. The number of nitro groups is 1. The van der Waals surface area contributed by atoms with Crippen LogP contribution >= 0.6 is 0 Å². The molecule has 0 bridgehead atoms. The van der Waals surface area contributed by atoms with Gasteiger partial charge in [0.25, 0.3) is 0 Å². The Labute approximate surface area is 202 Å². The fourth-order valence-electron chi connectivity index (χ4n) is 4.26. The van der Waals surface area contributed by atoms with Crippen molar-refractivity contribution in [3.05, 3.63) is 69.8 Å². The molecular formula is C25H29N3O7. The number of hydrogen-bond acceptors (Lipinski definition) is 7. The lowest BCUT2D eigenvalue weighted by molar-refractivity contribution is -0.385. The van der Waals surface area contributed by atoms with Crippen LogP contribution in [0.15, 0.2) is 48.5 Å². The molecule has 35 heavy (non-hydrogen) atoms. The number of para-hydroxylation sites is 1. The molecule has 2 amide bonds. The number of carboxylic acid groups (broad SMARTS) is 1. The van der Waals surface area contributed by atoms with Gasteiger partial charge in [0, 0.05) is 24.0 Å². The highest BCUT2D eigenvalue weighted by atomic mass is 16.6. The van der Waals surface area contributed by atoms with E-state index in [1.54, 1.807) is 44.2 Å². The van der Waals surface area contributed by atoms with E-state index in [0.29, 0.717) is 5.56 Å². The summed E-state index contributed by atoms with van der Waals surface area (Å²) in [6, 6.07) is 10.9. The molecule has 10 heteroatoms. The number of nitrogens with two attached hydrogens (primary N) is 1. The van der Waals surface area contributed by atoms with Crippen LogP contribution in [0.3, 0.4) is 0 Å². The Morgan fingerprint density at radius 1 is 1.17 bits per heavy atom. The zero-order valence-electron chi connectivity index (χ0n) is 19.6. The number of benzene rings is 2. The standard InChI is InChI=1S/C25H29N3O7/c1-15(2)11-21(25(31)32)27(24(30)19(26)12-16-7-4-3-5-8-16)22(29)13-17-14-35-23-18(17)9-6-10-20(23)28(33)34/h3-10,15,17,19,21H,11-14,26H2,1-2H3,(H,31,32). The predicted octanol–water partition coefficient (Wildman–Crippen LogP) is 2.89. The van der Waals surface area contributed by atoms with Crippen molar-refractivity contribution >= 4 is 23.5 Å². The fraction of sp³-hybridized carbons (Fsp3) is 0.400. The maximum absolute atomic E-state index is 13.5. The summed E-state index contributed by atoms with van der Waals surface area (Å²) >= 11 is 0. The minimum Gasteiger partial charge on any atom is -0.486 e. The number of aliphatic carboxylic acids is 1. The number of fused-ring (bicyclic) bond motifs is 1. The quantitative estimate of drug-likeness (QED) is 0.386. The van der Waals surface area contributed by atoms with Crippen LogP contribution in [0.5, 0.6) is 5.75 Å². The maximum atomic E-state index is 13.5. The van der Waals surface area contributed by atoms with Crippen LogP contribution < -0.4 is 10.5 Å². The van der Waals surface area contributed by atoms with E-state index in [1.807, 2.05) is 6.07 Å². The van der Waals surface area contributed by atoms with E-state index in [0.717, 1.165) is 10.5 Å². The summed E-state index contributed by atoms with van der Waals surface area (Å²) in [5, 5.41) is 21.2. The third-order valence-electron chi connectivity index (χ3n) is 5.92. The second-order valence-electron chi connectivity index (χ2n) is 9.05. The molecule has 2 aromatic rings. The minimum absolute atomic E-state index is 0.00590. The van der Waals surface area contributed by atoms with Gasteiger partial charge in [-0.1, -0.05) is 56.3 Å². The Morgan fingerprint density at radius 3 is 2.46 bits per heavy atom. The van der Waals surface area contributed by atoms with Gasteiger partial charge in [-0.3, -0.25) is 24.6 Å². The Kier molecular flexibility index (Phi) is 8.18. The SMILES string of the molecule is CC(C)CC(C(=O)O)N(C(=O)CC1COc2c1cccc2[N+](=O)[O-])C(=O)C(N)Cc1ccccc1. The normalized spacial score (nSPS) is 16.2. The van der Waals surface area contributed by atoms with Gasteiger partial charge < -0.3 is 15.6 Å². The number of ether oxygens (including phenoxy) is 1. The summed E-state index contributed by atoms with van der Waals surface area (Å²) in [6.45, 7) is 3.60. The lowest BCUT2D eigenvalue weighted by atomic mass is 9.94. The van der Waals surface area contributed by atoms with Gasteiger partial charge in [0.1, 0.15) is 6.04 Å². The number of hydrogen-bond donors (Lipinski definition) is 2. The topological polar surface area (TPSA) is 153 Å². The highest BCUT2D eigenvalue weighted by Crippen LogP contribution is 2.42. The average molecular weight is 484 g/mol. The fourth-order valence-corrected chi connectivity index (χ4v) is 4.26. The molecule has 1 aliphatic heterocycles. The molecule has 3 rings (SSSR count). The second kappa shape index (κ2) is 11.1. The first kappa shape index (κ1) is 25.8. The van der Waals surface area contributed by atoms with Gasteiger partial charge in [-0.25, -0.2) is 4.79 Å². The van der Waals surface area contributed by atoms with Gasteiger partial charge in [-0.05, 0) is 24.3 Å². The van der Waals surface area contributed by atoms with Crippen LogP contribution in [0.4, 0.5) is 5.69 Å². The molecule has 0 radical (unpaired) electrons. The van der Waals surface area contributed by atoms with E-state index in [4.69, 9.17) is 10.5 Å². The summed E-state index contributed by atoms with van der Waals surface area (Å²) < 4.78 is 5.51. The third kappa shape index (κ3) is 6.02. The summed E-state index contributed by atoms with van der Waals surface area (Å²) in [4.78, 5) is 50.5. The number of amides is 2. The number of rotatable bonds is 10. The first-order chi connectivity index (χ1) is 16.6. The van der Waals surface area contributed by atoms with Gasteiger partial charge in [-0.15, -0.1) is 0 Å². The van der Waals surface area contributed by atoms with Crippen LogP contribution in [0.1, 0.15) is 43.7 Å². The Balaban J connectivity index is 1.88. The molecule has 0 fully saturated rings. The molecule has 2 aromatic carbocycles. The predicted molar refractivity (Wildman–Crippen MR) is 127 cm³/mol. The lowest BCUT2D eigenvalue weighted by Gasteiger charge is -2.31. The van der Waals surface area contributed by atoms with E-state index in [2.05, 4.69) is 0 Å². The molecular weight excluding hydrogens is 454 g/mol. The highest BCUT2D eigenvalue weighted by Gasteiger charge is 2.40. The van der Waals surface area contributed by atoms with E-state index in [1.165, 1.54) is 12.1 Å². The zero-order valence-corrected chi connectivity index (χ0v) is 19.6. The molecule has 3 unspecified atom stereocenters. The Hall–Kier alpha value is -3.79. The summed E-state index contributed by atoms with van der Waals surface area (Å²) in [5.74, 6) is -3.36. The number of carboxylic acids is 1. The van der Waals surface area contributed by atoms with Crippen molar-refractivity contribution in [1.29, 1.82) is 0 Å².